The molecule has 0 atom stereocenters. The van der Waals surface area contributed by atoms with Crippen molar-refractivity contribution in [2.24, 2.45) is 5.41 Å². The number of rotatable bonds is 2. The molecule has 1 aromatic rings. The molecule has 0 aliphatic rings. The lowest BCUT2D eigenvalue weighted by Gasteiger charge is -2.17. The van der Waals surface area contributed by atoms with Gasteiger partial charge in [-0.3, -0.25) is 4.79 Å². The van der Waals surface area contributed by atoms with Crippen LogP contribution in [0.4, 0.5) is 0 Å². The van der Waals surface area contributed by atoms with Gasteiger partial charge in [-0.1, -0.05) is 20.8 Å². The van der Waals surface area contributed by atoms with Gasteiger partial charge in [-0.05, 0) is 17.5 Å². The molecule has 1 aromatic carbocycles. The number of ketones is 1. The summed E-state index contributed by atoms with van der Waals surface area (Å²) in [4.78, 5) is 11.8. The van der Waals surface area contributed by atoms with Crippen LogP contribution in [0.2, 0.25) is 0 Å². The van der Waals surface area contributed by atoms with Crippen molar-refractivity contribution in [2.45, 2.75) is 27.2 Å². The monoisotopic (exact) mass is 208 g/mol. The third-order valence-corrected chi connectivity index (χ3v) is 1.97. The molecule has 0 saturated heterocycles. The van der Waals surface area contributed by atoms with E-state index in [4.69, 9.17) is 5.11 Å². The zero-order valence-electron chi connectivity index (χ0n) is 9.24. The molecular weight excluding hydrogens is 192 g/mol. The Balaban J connectivity index is 2.92. The number of carbonyl (C=O) groups excluding carboxylic acids is 1. The summed E-state index contributed by atoms with van der Waals surface area (Å²) in [5.41, 5.74) is 0.157. The summed E-state index contributed by atoms with van der Waals surface area (Å²) in [6.07, 6.45) is 0.366. The molecule has 0 unspecified atom stereocenters. The van der Waals surface area contributed by atoms with Gasteiger partial charge in [0, 0.05) is 12.5 Å². The van der Waals surface area contributed by atoms with Crippen LogP contribution < -0.4 is 0 Å². The molecule has 0 saturated carbocycles. The lowest BCUT2D eigenvalue weighted by Crippen LogP contribution is -2.13. The average molecular weight is 208 g/mol. The summed E-state index contributed by atoms with van der Waals surface area (Å²) in [5.74, 6) is -0.316. The normalized spacial score (nSPS) is 11.4. The molecule has 3 nitrogen and oxygen atoms in total. The number of benzene rings is 1. The number of aromatic hydroxyl groups is 2. The first-order valence-corrected chi connectivity index (χ1v) is 4.85. The van der Waals surface area contributed by atoms with Gasteiger partial charge in [-0.15, -0.1) is 0 Å². The van der Waals surface area contributed by atoms with Gasteiger partial charge in [0.2, 0.25) is 0 Å². The number of phenolic OH excluding ortho intramolecular Hbond substituents is 2. The van der Waals surface area contributed by atoms with E-state index in [1.54, 1.807) is 0 Å². The lowest BCUT2D eigenvalue weighted by molar-refractivity contribution is 0.0937. The van der Waals surface area contributed by atoms with Crippen molar-refractivity contribution in [2.75, 3.05) is 0 Å². The summed E-state index contributed by atoms with van der Waals surface area (Å²) in [6, 6.07) is 4.02. The molecule has 15 heavy (non-hydrogen) atoms. The van der Waals surface area contributed by atoms with Gasteiger partial charge in [0.15, 0.2) is 5.78 Å². The van der Waals surface area contributed by atoms with E-state index in [9.17, 15) is 9.90 Å². The molecule has 0 aliphatic carbocycles. The SMILES string of the molecule is CC(C)(C)CC(=O)c1ccc(O)cc1O. The van der Waals surface area contributed by atoms with Crippen molar-refractivity contribution >= 4 is 5.78 Å². The average Bonchev–Trinajstić information content (AvgIpc) is 1.99. The third-order valence-electron chi connectivity index (χ3n) is 1.97. The van der Waals surface area contributed by atoms with Crippen LogP contribution >= 0.6 is 0 Å². The molecule has 0 amide bonds. The summed E-state index contributed by atoms with van der Waals surface area (Å²) in [5, 5.41) is 18.6. The predicted octanol–water partition coefficient (Wildman–Crippen LogP) is 2.72. The van der Waals surface area contributed by atoms with E-state index in [2.05, 4.69) is 0 Å². The maximum absolute atomic E-state index is 11.8. The summed E-state index contributed by atoms with van der Waals surface area (Å²) < 4.78 is 0. The molecule has 3 heteroatoms. The smallest absolute Gasteiger partial charge is 0.167 e. The Morgan fingerprint density at radius 2 is 1.87 bits per heavy atom. The minimum Gasteiger partial charge on any atom is -0.508 e. The van der Waals surface area contributed by atoms with Crippen LogP contribution in [0.25, 0.3) is 0 Å². The van der Waals surface area contributed by atoms with Gasteiger partial charge >= 0.3 is 0 Å². The maximum Gasteiger partial charge on any atom is 0.167 e. The number of phenols is 2. The van der Waals surface area contributed by atoms with E-state index in [1.807, 2.05) is 20.8 Å². The van der Waals surface area contributed by atoms with Gasteiger partial charge in [-0.25, -0.2) is 0 Å². The Bertz CT molecular complexity index is 375. The minimum absolute atomic E-state index is 0.0418. The molecule has 0 fully saturated rings. The van der Waals surface area contributed by atoms with E-state index >= 15 is 0 Å². The van der Waals surface area contributed by atoms with Gasteiger partial charge < -0.3 is 10.2 Å². The fraction of sp³-hybridized carbons (Fsp3) is 0.417. The Morgan fingerprint density at radius 3 is 2.33 bits per heavy atom. The van der Waals surface area contributed by atoms with Crippen molar-refractivity contribution < 1.29 is 15.0 Å². The van der Waals surface area contributed by atoms with Crippen LogP contribution in [0.1, 0.15) is 37.6 Å². The molecular formula is C12H16O3. The van der Waals surface area contributed by atoms with Crippen molar-refractivity contribution in [3.05, 3.63) is 23.8 Å². The van der Waals surface area contributed by atoms with E-state index in [-0.39, 0.29) is 28.3 Å². The van der Waals surface area contributed by atoms with Crippen molar-refractivity contribution in [3.8, 4) is 11.5 Å². The van der Waals surface area contributed by atoms with Crippen LogP contribution in [0, 0.1) is 5.41 Å². The molecule has 1 rings (SSSR count). The number of hydrogen-bond donors (Lipinski definition) is 2. The molecule has 0 spiro atoms. The van der Waals surface area contributed by atoms with Crippen molar-refractivity contribution in [1.29, 1.82) is 0 Å². The predicted molar refractivity (Wildman–Crippen MR) is 58.2 cm³/mol. The van der Waals surface area contributed by atoms with Gasteiger partial charge in [0.05, 0.1) is 5.56 Å². The van der Waals surface area contributed by atoms with Crippen LogP contribution in [0.5, 0.6) is 11.5 Å². The number of Topliss-reactive ketones (excluding diaryl/α,β-unsaturated/α-hetero) is 1. The molecule has 0 aromatic heterocycles. The lowest BCUT2D eigenvalue weighted by atomic mass is 9.87. The highest BCUT2D eigenvalue weighted by molar-refractivity contribution is 5.99. The topological polar surface area (TPSA) is 57.5 Å². The van der Waals surface area contributed by atoms with Gasteiger partial charge in [-0.2, -0.15) is 0 Å². The molecule has 2 N–H and O–H groups in total. The first-order valence-electron chi connectivity index (χ1n) is 4.85. The van der Waals surface area contributed by atoms with E-state index < -0.39 is 0 Å². The van der Waals surface area contributed by atoms with Gasteiger partial charge in [0.1, 0.15) is 11.5 Å². The van der Waals surface area contributed by atoms with E-state index in [0.29, 0.717) is 6.42 Å². The second kappa shape index (κ2) is 3.93. The molecule has 0 radical (unpaired) electrons. The van der Waals surface area contributed by atoms with Gasteiger partial charge in [0.25, 0.3) is 0 Å². The van der Waals surface area contributed by atoms with E-state index in [0.717, 1.165) is 0 Å². The third kappa shape index (κ3) is 3.27. The first kappa shape index (κ1) is 11.6. The molecule has 82 valence electrons. The minimum atomic E-state index is -0.163. The summed E-state index contributed by atoms with van der Waals surface area (Å²) in [6.45, 7) is 5.88. The standard InChI is InChI=1S/C12H16O3/c1-12(2,3)7-11(15)9-5-4-8(13)6-10(9)14/h4-6,13-14H,7H2,1-3H3. The highest BCUT2D eigenvalue weighted by Crippen LogP contribution is 2.27. The largest absolute Gasteiger partial charge is 0.508 e. The fourth-order valence-corrected chi connectivity index (χ4v) is 1.33. The van der Waals surface area contributed by atoms with Crippen LogP contribution in [-0.2, 0) is 0 Å². The highest BCUT2D eigenvalue weighted by Gasteiger charge is 2.19. The second-order valence-electron chi connectivity index (χ2n) is 4.86. The van der Waals surface area contributed by atoms with E-state index in [1.165, 1.54) is 18.2 Å². The molecule has 0 aliphatic heterocycles. The summed E-state index contributed by atoms with van der Waals surface area (Å²) >= 11 is 0. The second-order valence-corrected chi connectivity index (χ2v) is 4.86. The Labute approximate surface area is 89.4 Å². The Hall–Kier alpha value is -1.51. The molecule has 0 heterocycles. The quantitative estimate of drug-likeness (QED) is 0.735. The van der Waals surface area contributed by atoms with Crippen LogP contribution in [0.15, 0.2) is 18.2 Å². The zero-order chi connectivity index (χ0) is 11.6. The van der Waals surface area contributed by atoms with Crippen molar-refractivity contribution in [3.63, 3.8) is 0 Å². The Morgan fingerprint density at radius 1 is 1.27 bits per heavy atom. The zero-order valence-corrected chi connectivity index (χ0v) is 9.24. The maximum atomic E-state index is 11.8. The molecule has 0 bridgehead atoms. The van der Waals surface area contributed by atoms with Crippen LogP contribution in [-0.4, -0.2) is 16.0 Å². The Kier molecular flexibility index (Phi) is 3.03. The van der Waals surface area contributed by atoms with Crippen molar-refractivity contribution in [1.82, 2.24) is 0 Å². The highest BCUT2D eigenvalue weighted by atomic mass is 16.3. The summed E-state index contributed by atoms with van der Waals surface area (Å²) in [7, 11) is 0. The number of carbonyl (C=O) groups is 1. The fourth-order valence-electron chi connectivity index (χ4n) is 1.33. The van der Waals surface area contributed by atoms with Crippen LogP contribution in [0.3, 0.4) is 0 Å². The number of hydrogen-bond acceptors (Lipinski definition) is 3. The first-order chi connectivity index (χ1) is 6.79.